The number of aliphatic hydroxyl groups excluding tert-OH is 1. The number of esters is 1. The third kappa shape index (κ3) is 4.01. The molecule has 4 nitrogen and oxygen atoms in total. The predicted molar refractivity (Wildman–Crippen MR) is 55.3 cm³/mol. The first-order valence-electron chi connectivity index (χ1n) is 5.17. The Balaban J connectivity index is 2.43. The lowest BCUT2D eigenvalue weighted by atomic mass is 9.97. The summed E-state index contributed by atoms with van der Waals surface area (Å²) in [6.45, 7) is 3.63. The Bertz CT molecular complexity index is 227. The van der Waals surface area contributed by atoms with Crippen molar-refractivity contribution in [3.8, 4) is 0 Å². The van der Waals surface area contributed by atoms with Gasteiger partial charge in [-0.05, 0) is 12.8 Å². The van der Waals surface area contributed by atoms with Gasteiger partial charge in [0.15, 0.2) is 0 Å². The number of hydrogen-bond donors (Lipinski definition) is 1. The normalized spacial score (nSPS) is 30.9. The number of hydrogen-bond acceptors (Lipinski definition) is 4. The van der Waals surface area contributed by atoms with E-state index >= 15 is 0 Å². The second-order valence-corrected chi connectivity index (χ2v) is 3.81. The number of carbonyl (C=O) groups excluding carboxylic acids is 1. The van der Waals surface area contributed by atoms with Crippen LogP contribution in [-0.4, -0.2) is 36.5 Å². The van der Waals surface area contributed by atoms with Gasteiger partial charge in [-0.3, -0.25) is 4.79 Å². The molecule has 0 aromatic heterocycles. The topological polar surface area (TPSA) is 55.8 Å². The zero-order valence-electron chi connectivity index (χ0n) is 9.02. The molecule has 4 heteroatoms. The van der Waals surface area contributed by atoms with Gasteiger partial charge in [-0.15, -0.1) is 6.58 Å². The summed E-state index contributed by atoms with van der Waals surface area (Å²) in [5.74, 6) is -0.300. The molecule has 0 amide bonds. The van der Waals surface area contributed by atoms with E-state index in [0.29, 0.717) is 19.3 Å². The molecule has 1 aliphatic rings. The van der Waals surface area contributed by atoms with Gasteiger partial charge in [0, 0.05) is 6.42 Å². The molecule has 1 N–H and O–H groups in total. The summed E-state index contributed by atoms with van der Waals surface area (Å²) < 4.78 is 10.2. The fourth-order valence-electron chi connectivity index (χ4n) is 1.82. The van der Waals surface area contributed by atoms with E-state index in [-0.39, 0.29) is 24.6 Å². The van der Waals surface area contributed by atoms with Crippen LogP contribution in [0.5, 0.6) is 0 Å². The number of aliphatic hydroxyl groups is 1. The first-order chi connectivity index (χ1) is 7.15. The molecule has 0 aromatic rings. The van der Waals surface area contributed by atoms with Crippen LogP contribution in [0.4, 0.5) is 0 Å². The van der Waals surface area contributed by atoms with Crippen molar-refractivity contribution in [1.29, 1.82) is 0 Å². The minimum absolute atomic E-state index is 0.0269. The van der Waals surface area contributed by atoms with Crippen molar-refractivity contribution in [2.75, 3.05) is 7.11 Å². The van der Waals surface area contributed by atoms with E-state index in [1.54, 1.807) is 6.08 Å². The molecule has 1 heterocycles. The summed E-state index contributed by atoms with van der Waals surface area (Å²) in [4.78, 5) is 11.0. The summed E-state index contributed by atoms with van der Waals surface area (Å²) in [7, 11) is 1.35. The monoisotopic (exact) mass is 214 g/mol. The molecule has 0 bridgehead atoms. The van der Waals surface area contributed by atoms with Gasteiger partial charge in [-0.25, -0.2) is 0 Å². The molecule has 0 saturated carbocycles. The second kappa shape index (κ2) is 5.88. The number of carbonyl (C=O) groups is 1. The van der Waals surface area contributed by atoms with Crippen molar-refractivity contribution in [3.63, 3.8) is 0 Å². The molecule has 0 spiro atoms. The summed E-state index contributed by atoms with van der Waals surface area (Å²) in [6.07, 6.45) is 3.14. The molecular formula is C11H18O4. The highest BCUT2D eigenvalue weighted by molar-refractivity contribution is 5.69. The molecule has 1 rings (SSSR count). The predicted octanol–water partition coefficient (Wildman–Crippen LogP) is 1.03. The summed E-state index contributed by atoms with van der Waals surface area (Å²) in [5, 5.41) is 9.60. The van der Waals surface area contributed by atoms with E-state index in [4.69, 9.17) is 4.74 Å². The average molecular weight is 214 g/mol. The van der Waals surface area contributed by atoms with Gasteiger partial charge in [0.05, 0.1) is 31.8 Å². The maximum Gasteiger partial charge on any atom is 0.308 e. The van der Waals surface area contributed by atoms with Crippen LogP contribution in [-0.2, 0) is 14.3 Å². The Hall–Kier alpha value is -0.870. The molecule has 15 heavy (non-hydrogen) atoms. The van der Waals surface area contributed by atoms with Crippen LogP contribution in [0.15, 0.2) is 12.7 Å². The maximum atomic E-state index is 11.0. The fourth-order valence-corrected chi connectivity index (χ4v) is 1.82. The highest BCUT2D eigenvalue weighted by Crippen LogP contribution is 2.24. The summed E-state index contributed by atoms with van der Waals surface area (Å²) >= 11 is 0. The van der Waals surface area contributed by atoms with Gasteiger partial charge in [0.25, 0.3) is 0 Å². The van der Waals surface area contributed by atoms with Crippen LogP contribution < -0.4 is 0 Å². The minimum atomic E-state index is -0.390. The van der Waals surface area contributed by atoms with E-state index in [1.165, 1.54) is 7.11 Å². The van der Waals surface area contributed by atoms with Gasteiger partial charge in [0.1, 0.15) is 0 Å². The lowest BCUT2D eigenvalue weighted by Crippen LogP contribution is -2.36. The van der Waals surface area contributed by atoms with E-state index < -0.39 is 6.10 Å². The Morgan fingerprint density at radius 2 is 2.27 bits per heavy atom. The fraction of sp³-hybridized carbons (Fsp3) is 0.727. The van der Waals surface area contributed by atoms with Crippen molar-refractivity contribution < 1.29 is 19.4 Å². The van der Waals surface area contributed by atoms with E-state index in [2.05, 4.69) is 11.3 Å². The Morgan fingerprint density at radius 1 is 1.60 bits per heavy atom. The Labute approximate surface area is 89.9 Å². The van der Waals surface area contributed by atoms with Crippen LogP contribution in [0.3, 0.4) is 0 Å². The zero-order chi connectivity index (χ0) is 11.3. The maximum absolute atomic E-state index is 11.0. The van der Waals surface area contributed by atoms with E-state index in [9.17, 15) is 9.90 Å². The standard InChI is InChI=1S/C11H18O4/c1-3-4-9-5-8(12)6-10(15-9)7-11(13)14-2/h3,8-10,12H,1,4-7H2,2H3/t8-,9+,10+/m1/s1. The summed E-state index contributed by atoms with van der Waals surface area (Å²) in [5.41, 5.74) is 0. The lowest BCUT2D eigenvalue weighted by Gasteiger charge is -2.32. The lowest BCUT2D eigenvalue weighted by molar-refractivity contribution is -0.150. The number of ether oxygens (including phenoxy) is 2. The Kier molecular flexibility index (Phi) is 4.78. The molecule has 3 atom stereocenters. The Morgan fingerprint density at radius 3 is 2.87 bits per heavy atom. The van der Waals surface area contributed by atoms with Crippen molar-refractivity contribution >= 4 is 5.97 Å². The molecule has 0 aromatic carbocycles. The van der Waals surface area contributed by atoms with Gasteiger partial charge < -0.3 is 14.6 Å². The minimum Gasteiger partial charge on any atom is -0.469 e. The third-order valence-electron chi connectivity index (χ3n) is 2.51. The van der Waals surface area contributed by atoms with Gasteiger partial charge in [-0.2, -0.15) is 0 Å². The summed E-state index contributed by atoms with van der Waals surface area (Å²) in [6, 6.07) is 0. The van der Waals surface area contributed by atoms with Gasteiger partial charge >= 0.3 is 5.97 Å². The molecule has 1 fully saturated rings. The zero-order valence-corrected chi connectivity index (χ0v) is 9.02. The third-order valence-corrected chi connectivity index (χ3v) is 2.51. The van der Waals surface area contributed by atoms with Crippen molar-refractivity contribution in [2.24, 2.45) is 0 Å². The average Bonchev–Trinajstić information content (AvgIpc) is 2.17. The smallest absolute Gasteiger partial charge is 0.308 e. The number of methoxy groups -OCH3 is 1. The second-order valence-electron chi connectivity index (χ2n) is 3.81. The van der Waals surface area contributed by atoms with Crippen LogP contribution in [0.1, 0.15) is 25.7 Å². The molecule has 86 valence electrons. The van der Waals surface area contributed by atoms with Crippen molar-refractivity contribution in [3.05, 3.63) is 12.7 Å². The van der Waals surface area contributed by atoms with Crippen LogP contribution >= 0.6 is 0 Å². The first-order valence-corrected chi connectivity index (χ1v) is 5.17. The molecule has 0 radical (unpaired) electrons. The molecule has 0 aliphatic carbocycles. The highest BCUT2D eigenvalue weighted by Gasteiger charge is 2.29. The number of rotatable bonds is 4. The molecule has 1 aliphatic heterocycles. The SMILES string of the molecule is C=CC[C@H]1C[C@@H](O)C[C@@H](CC(=O)OC)O1. The van der Waals surface area contributed by atoms with Crippen molar-refractivity contribution in [1.82, 2.24) is 0 Å². The van der Waals surface area contributed by atoms with Crippen LogP contribution in [0.25, 0.3) is 0 Å². The van der Waals surface area contributed by atoms with E-state index in [0.717, 1.165) is 0 Å². The largest absolute Gasteiger partial charge is 0.469 e. The quantitative estimate of drug-likeness (QED) is 0.561. The molecular weight excluding hydrogens is 196 g/mol. The van der Waals surface area contributed by atoms with Crippen LogP contribution in [0, 0.1) is 0 Å². The molecule has 1 saturated heterocycles. The molecule has 0 unspecified atom stereocenters. The van der Waals surface area contributed by atoms with Gasteiger partial charge in [-0.1, -0.05) is 6.08 Å². The van der Waals surface area contributed by atoms with Crippen LogP contribution in [0.2, 0.25) is 0 Å². The van der Waals surface area contributed by atoms with Crippen molar-refractivity contribution in [2.45, 2.75) is 44.0 Å². The first kappa shape index (κ1) is 12.2. The van der Waals surface area contributed by atoms with E-state index in [1.807, 2.05) is 0 Å². The highest BCUT2D eigenvalue weighted by atomic mass is 16.5. The van der Waals surface area contributed by atoms with Gasteiger partial charge in [0.2, 0.25) is 0 Å².